The molecule has 1 aromatic carbocycles. The molecule has 4 nitrogen and oxygen atoms in total. The number of nitrogens with two attached hydrogens (primary N) is 1. The summed E-state index contributed by atoms with van der Waals surface area (Å²) in [5.74, 6) is 1.62. The van der Waals surface area contributed by atoms with Crippen LogP contribution in [0.25, 0.3) is 0 Å². The number of rotatable bonds is 9. The third-order valence-electron chi connectivity index (χ3n) is 3.21. The number of nitriles is 1. The Balaban J connectivity index is 2.73. The summed E-state index contributed by atoms with van der Waals surface area (Å²) in [6, 6.07) is 8.15. The highest BCUT2D eigenvalue weighted by molar-refractivity contribution is 5.41. The van der Waals surface area contributed by atoms with E-state index in [-0.39, 0.29) is 5.41 Å². The van der Waals surface area contributed by atoms with Crippen molar-refractivity contribution in [2.45, 2.75) is 40.0 Å². The second-order valence-corrected chi connectivity index (χ2v) is 5.75. The third kappa shape index (κ3) is 6.05. The van der Waals surface area contributed by atoms with E-state index >= 15 is 0 Å². The Morgan fingerprint density at radius 2 is 2.00 bits per heavy atom. The molecule has 0 saturated heterocycles. The number of ether oxygens (including phenoxy) is 2. The Hall–Kier alpha value is -1.73. The number of benzene rings is 1. The van der Waals surface area contributed by atoms with Crippen molar-refractivity contribution in [3.05, 3.63) is 23.8 Å². The maximum absolute atomic E-state index is 9.03. The second kappa shape index (κ2) is 8.53. The van der Waals surface area contributed by atoms with Crippen LogP contribution in [0.2, 0.25) is 0 Å². The van der Waals surface area contributed by atoms with E-state index in [0.29, 0.717) is 26.2 Å². The van der Waals surface area contributed by atoms with Crippen LogP contribution in [0.5, 0.6) is 11.5 Å². The van der Waals surface area contributed by atoms with Crippen LogP contribution in [0.4, 0.5) is 0 Å². The van der Waals surface area contributed by atoms with Gasteiger partial charge in [-0.2, -0.15) is 5.26 Å². The molecule has 0 aliphatic carbocycles. The van der Waals surface area contributed by atoms with Crippen LogP contribution in [0.15, 0.2) is 18.2 Å². The van der Waals surface area contributed by atoms with Crippen molar-refractivity contribution in [2.24, 2.45) is 11.1 Å². The normalized spacial score (nSPS) is 11.0. The molecule has 0 bridgehead atoms. The van der Waals surface area contributed by atoms with Gasteiger partial charge in [-0.3, -0.25) is 0 Å². The smallest absolute Gasteiger partial charge is 0.126 e. The van der Waals surface area contributed by atoms with Gasteiger partial charge in [-0.15, -0.1) is 0 Å². The molecule has 0 fully saturated rings. The number of hydrogen-bond donors (Lipinski definition) is 1. The zero-order chi connectivity index (χ0) is 15.7. The van der Waals surface area contributed by atoms with E-state index in [2.05, 4.69) is 13.0 Å². The molecule has 0 aliphatic rings. The highest BCUT2D eigenvalue weighted by atomic mass is 16.5. The van der Waals surface area contributed by atoms with Gasteiger partial charge in [0.05, 0.1) is 24.7 Å². The van der Waals surface area contributed by atoms with Crippen molar-refractivity contribution < 1.29 is 9.47 Å². The molecule has 0 saturated carbocycles. The topological polar surface area (TPSA) is 68.3 Å². The zero-order valence-electron chi connectivity index (χ0n) is 13.3. The first-order valence-corrected chi connectivity index (χ1v) is 7.52. The number of hydrogen-bond acceptors (Lipinski definition) is 4. The maximum atomic E-state index is 9.03. The Morgan fingerprint density at radius 3 is 2.62 bits per heavy atom. The van der Waals surface area contributed by atoms with Gasteiger partial charge in [0.2, 0.25) is 0 Å². The quantitative estimate of drug-likeness (QED) is 0.757. The fourth-order valence-electron chi connectivity index (χ4n) is 1.81. The summed E-state index contributed by atoms with van der Waals surface area (Å²) in [6.07, 6.45) is 2.42. The average Bonchev–Trinajstić information content (AvgIpc) is 2.47. The fourth-order valence-corrected chi connectivity index (χ4v) is 1.81. The van der Waals surface area contributed by atoms with Gasteiger partial charge in [0.15, 0.2) is 0 Å². The lowest BCUT2D eigenvalue weighted by molar-refractivity contribution is 0.259. The largest absolute Gasteiger partial charge is 0.493 e. The summed E-state index contributed by atoms with van der Waals surface area (Å²) in [6.45, 7) is 7.68. The molecule has 0 amide bonds. The fraction of sp³-hybridized carbons (Fsp3) is 0.588. The summed E-state index contributed by atoms with van der Waals surface area (Å²) >= 11 is 0. The predicted molar refractivity (Wildman–Crippen MR) is 84.5 cm³/mol. The minimum atomic E-state index is -0.371. The molecule has 0 spiro atoms. The van der Waals surface area contributed by atoms with Gasteiger partial charge in [-0.1, -0.05) is 13.0 Å². The van der Waals surface area contributed by atoms with Crippen LogP contribution in [-0.4, -0.2) is 19.8 Å². The Morgan fingerprint density at radius 1 is 1.24 bits per heavy atom. The van der Waals surface area contributed by atoms with E-state index in [1.54, 1.807) is 0 Å². The van der Waals surface area contributed by atoms with Crippen LogP contribution in [-0.2, 0) is 6.42 Å². The molecule has 0 aliphatic heterocycles. The zero-order valence-corrected chi connectivity index (χ0v) is 13.3. The highest BCUT2D eigenvalue weighted by Gasteiger charge is 2.17. The highest BCUT2D eigenvalue weighted by Crippen LogP contribution is 2.27. The van der Waals surface area contributed by atoms with E-state index < -0.39 is 0 Å². The summed E-state index contributed by atoms with van der Waals surface area (Å²) < 4.78 is 11.5. The van der Waals surface area contributed by atoms with E-state index in [0.717, 1.165) is 29.9 Å². The molecule has 116 valence electrons. The van der Waals surface area contributed by atoms with Crippen molar-refractivity contribution in [3.63, 3.8) is 0 Å². The third-order valence-corrected chi connectivity index (χ3v) is 3.21. The molecule has 21 heavy (non-hydrogen) atoms. The summed E-state index contributed by atoms with van der Waals surface area (Å²) in [5, 5.41) is 9.03. The number of nitrogens with zero attached hydrogens (tertiary/aromatic N) is 1. The molecular weight excluding hydrogens is 264 g/mol. The molecule has 0 radical (unpaired) electrons. The summed E-state index contributed by atoms with van der Waals surface area (Å²) in [7, 11) is 0. The van der Waals surface area contributed by atoms with Crippen LogP contribution < -0.4 is 15.2 Å². The first-order valence-electron chi connectivity index (χ1n) is 7.52. The molecule has 0 heterocycles. The summed E-state index contributed by atoms with van der Waals surface area (Å²) in [5.41, 5.74) is 6.35. The SMILES string of the molecule is CCCOc1ccc(CCN)c(OCCC(C)(C)C#N)c1. The van der Waals surface area contributed by atoms with Gasteiger partial charge in [0, 0.05) is 6.07 Å². The van der Waals surface area contributed by atoms with E-state index in [1.165, 1.54) is 0 Å². The molecule has 2 N–H and O–H groups in total. The van der Waals surface area contributed by atoms with E-state index in [4.69, 9.17) is 20.5 Å². The van der Waals surface area contributed by atoms with Crippen LogP contribution in [0.3, 0.4) is 0 Å². The van der Waals surface area contributed by atoms with E-state index in [1.807, 2.05) is 32.0 Å². The standard InChI is InChI=1S/C17H26N2O2/c1-4-10-20-15-6-5-14(7-9-18)16(12-15)21-11-8-17(2,3)13-19/h5-6,12H,4,7-11,18H2,1-3H3. The van der Waals surface area contributed by atoms with Crippen molar-refractivity contribution in [3.8, 4) is 17.6 Å². The first-order chi connectivity index (χ1) is 10.0. The van der Waals surface area contributed by atoms with Gasteiger partial charge in [0.1, 0.15) is 11.5 Å². The maximum Gasteiger partial charge on any atom is 0.126 e. The van der Waals surface area contributed by atoms with Crippen molar-refractivity contribution in [1.82, 2.24) is 0 Å². The molecule has 4 heteroatoms. The molecule has 1 rings (SSSR count). The molecule has 1 aromatic rings. The lowest BCUT2D eigenvalue weighted by Crippen LogP contribution is -2.14. The van der Waals surface area contributed by atoms with Crippen LogP contribution in [0, 0.1) is 16.7 Å². The van der Waals surface area contributed by atoms with E-state index in [9.17, 15) is 0 Å². The second-order valence-electron chi connectivity index (χ2n) is 5.75. The lowest BCUT2D eigenvalue weighted by Gasteiger charge is -2.17. The van der Waals surface area contributed by atoms with Crippen LogP contribution >= 0.6 is 0 Å². The predicted octanol–water partition coefficient (Wildman–Crippen LogP) is 3.30. The lowest BCUT2D eigenvalue weighted by atomic mass is 9.92. The minimum Gasteiger partial charge on any atom is -0.493 e. The van der Waals surface area contributed by atoms with Crippen molar-refractivity contribution in [1.29, 1.82) is 5.26 Å². The Labute approximate surface area is 127 Å². The van der Waals surface area contributed by atoms with Gasteiger partial charge in [-0.05, 0) is 51.3 Å². The molecule has 0 aromatic heterocycles. The first kappa shape index (κ1) is 17.3. The van der Waals surface area contributed by atoms with Gasteiger partial charge < -0.3 is 15.2 Å². The summed E-state index contributed by atoms with van der Waals surface area (Å²) in [4.78, 5) is 0. The van der Waals surface area contributed by atoms with Crippen molar-refractivity contribution >= 4 is 0 Å². The minimum absolute atomic E-state index is 0.371. The Kier molecular flexibility index (Phi) is 7.04. The average molecular weight is 290 g/mol. The molecule has 0 unspecified atom stereocenters. The molecular formula is C17H26N2O2. The van der Waals surface area contributed by atoms with Gasteiger partial charge in [0.25, 0.3) is 0 Å². The van der Waals surface area contributed by atoms with Crippen LogP contribution in [0.1, 0.15) is 39.2 Å². The molecule has 0 atom stereocenters. The van der Waals surface area contributed by atoms with Gasteiger partial charge in [-0.25, -0.2) is 0 Å². The monoisotopic (exact) mass is 290 g/mol. The van der Waals surface area contributed by atoms with Crippen molar-refractivity contribution in [2.75, 3.05) is 19.8 Å². The van der Waals surface area contributed by atoms with Gasteiger partial charge >= 0.3 is 0 Å². The Bertz CT molecular complexity index is 478.